The lowest BCUT2D eigenvalue weighted by atomic mass is 10.0. The maximum atomic E-state index is 10.8. The van der Waals surface area contributed by atoms with Crippen LogP contribution in [-0.2, 0) is 16.0 Å². The van der Waals surface area contributed by atoms with Crippen molar-refractivity contribution >= 4 is 12.2 Å². The van der Waals surface area contributed by atoms with E-state index >= 15 is 0 Å². The summed E-state index contributed by atoms with van der Waals surface area (Å²) in [6, 6.07) is 3.70. The maximum Gasteiger partial charge on any atom is 0.284 e. The average molecular weight is 251 g/mol. The number of rotatable bonds is 6. The third kappa shape index (κ3) is 3.48. The molecule has 0 spiro atoms. The largest absolute Gasteiger partial charge is 0.497 e. The van der Waals surface area contributed by atoms with Crippen molar-refractivity contribution < 1.29 is 19.1 Å². The van der Waals surface area contributed by atoms with Crippen LogP contribution < -0.4 is 14.8 Å². The Labute approximate surface area is 106 Å². The van der Waals surface area contributed by atoms with Gasteiger partial charge in [0.2, 0.25) is 6.29 Å². The van der Waals surface area contributed by atoms with E-state index in [-0.39, 0.29) is 6.29 Å². The molecule has 18 heavy (non-hydrogen) atoms. The summed E-state index contributed by atoms with van der Waals surface area (Å²) in [7, 11) is 3.18. The van der Waals surface area contributed by atoms with E-state index < -0.39 is 5.91 Å². The highest BCUT2D eigenvalue weighted by Crippen LogP contribution is 2.28. The molecular formula is C13H17NO4. The van der Waals surface area contributed by atoms with Crippen LogP contribution in [0.3, 0.4) is 0 Å². The molecule has 1 aromatic carbocycles. The third-order valence-corrected chi connectivity index (χ3v) is 2.64. The number of ether oxygens (including phenoxy) is 2. The summed E-state index contributed by atoms with van der Waals surface area (Å²) in [6.45, 7) is 2.34. The molecule has 0 unspecified atom stereocenters. The van der Waals surface area contributed by atoms with Crippen molar-refractivity contribution in [3.63, 3.8) is 0 Å². The molecule has 0 aliphatic heterocycles. The van der Waals surface area contributed by atoms with Crippen LogP contribution in [0.25, 0.3) is 0 Å². The summed E-state index contributed by atoms with van der Waals surface area (Å²) < 4.78 is 10.4. The standard InChI is InChI=1S/C13H17NO4/c1-9-6-10(17-2)7-12(18-3)11(9)4-5-14-13(16)8-15/h6-8H,4-5H2,1-3H3,(H,14,16). The second-order valence-electron chi connectivity index (χ2n) is 3.78. The van der Waals surface area contributed by atoms with Crippen molar-refractivity contribution in [3.8, 4) is 11.5 Å². The van der Waals surface area contributed by atoms with Gasteiger partial charge in [0, 0.05) is 12.6 Å². The van der Waals surface area contributed by atoms with Crippen LogP contribution in [0.5, 0.6) is 11.5 Å². The minimum atomic E-state index is -0.611. The van der Waals surface area contributed by atoms with Crippen LogP contribution in [0.15, 0.2) is 12.1 Å². The Bertz CT molecular complexity index is 443. The zero-order valence-corrected chi connectivity index (χ0v) is 10.8. The number of carbonyl (C=O) groups excluding carboxylic acids is 2. The predicted octanol–water partition coefficient (Wildman–Crippen LogP) is 0.870. The first-order valence-corrected chi connectivity index (χ1v) is 5.57. The van der Waals surface area contributed by atoms with Crippen LogP contribution in [0.4, 0.5) is 0 Å². The molecule has 0 bridgehead atoms. The van der Waals surface area contributed by atoms with Crippen molar-refractivity contribution in [3.05, 3.63) is 23.3 Å². The number of methoxy groups -OCH3 is 2. The zero-order valence-electron chi connectivity index (χ0n) is 10.8. The van der Waals surface area contributed by atoms with E-state index in [1.807, 2.05) is 13.0 Å². The van der Waals surface area contributed by atoms with Gasteiger partial charge in [0.05, 0.1) is 14.2 Å². The Morgan fingerprint density at radius 2 is 2.06 bits per heavy atom. The van der Waals surface area contributed by atoms with Crippen LogP contribution >= 0.6 is 0 Å². The molecule has 1 aromatic rings. The normalized spacial score (nSPS) is 9.72. The minimum absolute atomic E-state index is 0.262. The minimum Gasteiger partial charge on any atom is -0.497 e. The van der Waals surface area contributed by atoms with Crippen LogP contribution in [0.1, 0.15) is 11.1 Å². The first kappa shape index (κ1) is 14.0. The highest BCUT2D eigenvalue weighted by atomic mass is 16.5. The number of benzene rings is 1. The van der Waals surface area contributed by atoms with E-state index in [2.05, 4.69) is 5.32 Å². The lowest BCUT2D eigenvalue weighted by Gasteiger charge is -2.13. The number of hydrogen-bond acceptors (Lipinski definition) is 4. The smallest absolute Gasteiger partial charge is 0.284 e. The molecule has 0 fully saturated rings. The molecule has 0 aromatic heterocycles. The van der Waals surface area contributed by atoms with Gasteiger partial charge < -0.3 is 14.8 Å². The molecule has 0 atom stereocenters. The molecule has 0 heterocycles. The summed E-state index contributed by atoms with van der Waals surface area (Å²) in [5.74, 6) is 0.831. The van der Waals surface area contributed by atoms with Crippen molar-refractivity contribution in [2.45, 2.75) is 13.3 Å². The summed E-state index contributed by atoms with van der Waals surface area (Å²) >= 11 is 0. The van der Waals surface area contributed by atoms with Crippen molar-refractivity contribution in [2.75, 3.05) is 20.8 Å². The molecule has 5 heteroatoms. The van der Waals surface area contributed by atoms with E-state index in [1.165, 1.54) is 0 Å². The maximum absolute atomic E-state index is 10.8. The van der Waals surface area contributed by atoms with Crippen LogP contribution in [-0.4, -0.2) is 33.0 Å². The van der Waals surface area contributed by atoms with Gasteiger partial charge in [-0.3, -0.25) is 9.59 Å². The Hall–Kier alpha value is -2.04. The Morgan fingerprint density at radius 3 is 2.61 bits per heavy atom. The molecule has 0 aliphatic rings. The fourth-order valence-electron chi connectivity index (χ4n) is 1.73. The van der Waals surface area contributed by atoms with Crippen LogP contribution in [0.2, 0.25) is 0 Å². The van der Waals surface area contributed by atoms with Crippen LogP contribution in [0, 0.1) is 6.92 Å². The predicted molar refractivity (Wildman–Crippen MR) is 67.1 cm³/mol. The first-order valence-electron chi connectivity index (χ1n) is 5.57. The number of nitrogens with one attached hydrogen (secondary N) is 1. The second kappa shape index (κ2) is 6.64. The Kier molecular flexibility index (Phi) is 5.17. The summed E-state index contributed by atoms with van der Waals surface area (Å²) in [5, 5.41) is 2.49. The first-order chi connectivity index (χ1) is 8.62. The topological polar surface area (TPSA) is 64.6 Å². The van der Waals surface area contributed by atoms with E-state index in [1.54, 1.807) is 20.3 Å². The summed E-state index contributed by atoms with van der Waals surface area (Å²) in [4.78, 5) is 21.0. The SMILES string of the molecule is COc1cc(C)c(CCNC(=O)C=O)c(OC)c1. The molecular weight excluding hydrogens is 234 g/mol. The van der Waals surface area contributed by atoms with Gasteiger partial charge in [-0.1, -0.05) is 0 Å². The van der Waals surface area contributed by atoms with E-state index in [0.717, 1.165) is 16.9 Å². The van der Waals surface area contributed by atoms with E-state index in [0.29, 0.717) is 18.7 Å². The van der Waals surface area contributed by atoms with Gasteiger partial charge in [-0.15, -0.1) is 0 Å². The number of aryl methyl sites for hydroxylation is 1. The molecule has 5 nitrogen and oxygen atoms in total. The van der Waals surface area contributed by atoms with Gasteiger partial charge >= 0.3 is 0 Å². The fraction of sp³-hybridized carbons (Fsp3) is 0.385. The third-order valence-electron chi connectivity index (χ3n) is 2.64. The monoisotopic (exact) mass is 251 g/mol. The lowest BCUT2D eigenvalue weighted by Crippen LogP contribution is -2.26. The number of carbonyl (C=O) groups is 2. The van der Waals surface area contributed by atoms with Gasteiger partial charge in [-0.2, -0.15) is 0 Å². The molecule has 1 amide bonds. The van der Waals surface area contributed by atoms with E-state index in [9.17, 15) is 9.59 Å². The molecule has 1 rings (SSSR count). The Balaban J connectivity index is 2.81. The molecule has 0 saturated heterocycles. The van der Waals surface area contributed by atoms with Gasteiger partial charge in [-0.05, 0) is 30.5 Å². The quantitative estimate of drug-likeness (QED) is 0.602. The molecule has 0 radical (unpaired) electrons. The summed E-state index contributed by atoms with van der Waals surface area (Å²) in [5.41, 5.74) is 2.01. The number of hydrogen-bond donors (Lipinski definition) is 1. The highest BCUT2D eigenvalue weighted by Gasteiger charge is 2.09. The van der Waals surface area contributed by atoms with Gasteiger partial charge in [0.15, 0.2) is 0 Å². The lowest BCUT2D eigenvalue weighted by molar-refractivity contribution is -0.131. The van der Waals surface area contributed by atoms with Gasteiger partial charge in [0.25, 0.3) is 5.91 Å². The number of amides is 1. The molecule has 0 aliphatic carbocycles. The molecule has 0 saturated carbocycles. The molecule has 1 N–H and O–H groups in total. The van der Waals surface area contributed by atoms with E-state index in [4.69, 9.17) is 9.47 Å². The van der Waals surface area contributed by atoms with Crippen molar-refractivity contribution in [1.29, 1.82) is 0 Å². The van der Waals surface area contributed by atoms with Crippen molar-refractivity contribution in [1.82, 2.24) is 5.32 Å². The number of aldehydes is 1. The molecule has 98 valence electrons. The van der Waals surface area contributed by atoms with Crippen molar-refractivity contribution in [2.24, 2.45) is 0 Å². The second-order valence-corrected chi connectivity index (χ2v) is 3.78. The summed E-state index contributed by atoms with van der Waals surface area (Å²) in [6.07, 6.45) is 0.858. The van der Waals surface area contributed by atoms with Gasteiger partial charge in [0.1, 0.15) is 11.5 Å². The fourth-order valence-corrected chi connectivity index (χ4v) is 1.73. The van der Waals surface area contributed by atoms with Gasteiger partial charge in [-0.25, -0.2) is 0 Å². The Morgan fingerprint density at radius 1 is 1.33 bits per heavy atom. The zero-order chi connectivity index (χ0) is 13.5. The highest BCUT2D eigenvalue weighted by molar-refractivity contribution is 6.23. The average Bonchev–Trinajstić information content (AvgIpc) is 2.39.